The number of nitrogens with zero attached hydrogens (tertiary/aromatic N) is 6. The summed E-state index contributed by atoms with van der Waals surface area (Å²) < 4.78 is 1.89. The monoisotopic (exact) mass is 340 g/mol. The van der Waals surface area contributed by atoms with Crippen LogP contribution in [0.1, 0.15) is 24.6 Å². The maximum atomic E-state index is 4.78. The molecule has 0 bridgehead atoms. The van der Waals surface area contributed by atoms with E-state index in [0.717, 1.165) is 41.3 Å². The lowest BCUT2D eigenvalue weighted by molar-refractivity contribution is 0.838. The Bertz CT molecular complexity index is 1020. The number of para-hydroxylation sites is 1. The number of benzene rings is 1. The van der Waals surface area contributed by atoms with Crippen LogP contribution in [0.5, 0.6) is 0 Å². The number of hydrogen-bond donors (Lipinski definition) is 0. The van der Waals surface area contributed by atoms with Gasteiger partial charge in [-0.25, -0.2) is 19.6 Å². The Labute approximate surface area is 150 Å². The van der Waals surface area contributed by atoms with Gasteiger partial charge in [-0.05, 0) is 37.1 Å². The summed E-state index contributed by atoms with van der Waals surface area (Å²) >= 11 is 0. The van der Waals surface area contributed by atoms with Crippen molar-refractivity contribution in [2.75, 3.05) is 0 Å². The van der Waals surface area contributed by atoms with Crippen LogP contribution in [-0.4, -0.2) is 29.7 Å². The van der Waals surface area contributed by atoms with Crippen molar-refractivity contribution in [3.05, 3.63) is 73.1 Å². The molecule has 6 nitrogen and oxygen atoms in total. The van der Waals surface area contributed by atoms with Gasteiger partial charge in [-0.1, -0.05) is 18.2 Å². The fraction of sp³-hybridized carbons (Fsp3) is 0.150. The molecular formula is C20H16N6. The van der Waals surface area contributed by atoms with Gasteiger partial charge in [0, 0.05) is 36.3 Å². The average Bonchev–Trinajstić information content (AvgIpc) is 3.48. The molecule has 4 aromatic rings. The van der Waals surface area contributed by atoms with Gasteiger partial charge in [-0.15, -0.1) is 0 Å². The molecular weight excluding hydrogens is 324 g/mol. The summed E-state index contributed by atoms with van der Waals surface area (Å²) in [5.41, 5.74) is 2.72. The zero-order chi connectivity index (χ0) is 17.3. The normalized spacial score (nSPS) is 13.7. The molecule has 3 aromatic heterocycles. The third-order valence-electron chi connectivity index (χ3n) is 4.40. The number of hydrogen-bond acceptors (Lipinski definition) is 5. The Morgan fingerprint density at radius 3 is 2.35 bits per heavy atom. The molecule has 0 saturated heterocycles. The Hall–Kier alpha value is -3.41. The summed E-state index contributed by atoms with van der Waals surface area (Å²) in [4.78, 5) is 17.9. The van der Waals surface area contributed by atoms with Gasteiger partial charge in [0.2, 0.25) is 0 Å². The lowest BCUT2D eigenvalue weighted by atomic mass is 10.2. The van der Waals surface area contributed by atoms with Gasteiger partial charge in [0.15, 0.2) is 17.5 Å². The molecule has 5 rings (SSSR count). The number of aromatic nitrogens is 6. The molecule has 0 unspecified atom stereocenters. The topological polar surface area (TPSA) is 69.4 Å². The second-order valence-corrected chi connectivity index (χ2v) is 6.35. The van der Waals surface area contributed by atoms with Crippen molar-refractivity contribution < 1.29 is 0 Å². The largest absolute Gasteiger partial charge is 0.264 e. The average molecular weight is 340 g/mol. The first-order valence-corrected chi connectivity index (χ1v) is 8.64. The van der Waals surface area contributed by atoms with Gasteiger partial charge in [-0.3, -0.25) is 4.98 Å². The van der Waals surface area contributed by atoms with Crippen LogP contribution in [0.4, 0.5) is 0 Å². The molecule has 1 aromatic carbocycles. The van der Waals surface area contributed by atoms with Crippen LogP contribution in [-0.2, 0) is 0 Å². The first-order valence-electron chi connectivity index (χ1n) is 8.64. The zero-order valence-corrected chi connectivity index (χ0v) is 14.0. The summed E-state index contributed by atoms with van der Waals surface area (Å²) in [6.07, 6.45) is 9.42. The fourth-order valence-electron chi connectivity index (χ4n) is 2.87. The van der Waals surface area contributed by atoms with E-state index in [1.807, 2.05) is 47.1 Å². The molecule has 0 N–H and O–H groups in total. The van der Waals surface area contributed by atoms with Crippen molar-refractivity contribution in [1.29, 1.82) is 0 Å². The molecule has 1 saturated carbocycles. The van der Waals surface area contributed by atoms with Crippen molar-refractivity contribution in [3.63, 3.8) is 0 Å². The summed E-state index contributed by atoms with van der Waals surface area (Å²) in [5, 5.41) is 4.74. The Morgan fingerprint density at radius 1 is 0.846 bits per heavy atom. The Kier molecular flexibility index (Phi) is 3.52. The Balaban J connectivity index is 1.57. The predicted molar refractivity (Wildman–Crippen MR) is 97.6 cm³/mol. The molecule has 6 heteroatoms. The molecule has 26 heavy (non-hydrogen) atoms. The number of pyridine rings is 1. The van der Waals surface area contributed by atoms with Crippen LogP contribution >= 0.6 is 0 Å². The molecule has 0 aliphatic heterocycles. The van der Waals surface area contributed by atoms with Gasteiger partial charge in [-0.2, -0.15) is 5.10 Å². The standard InChI is InChI=1S/C20H16N6/c1-2-6-17(7-3-1)26-20(24-19(25-26)14-8-9-14)16-12-22-18(23-13-16)15-5-4-10-21-11-15/h1-7,10-14H,8-9H2. The van der Waals surface area contributed by atoms with Gasteiger partial charge >= 0.3 is 0 Å². The van der Waals surface area contributed by atoms with Crippen molar-refractivity contribution >= 4 is 0 Å². The smallest absolute Gasteiger partial charge is 0.166 e. The van der Waals surface area contributed by atoms with Gasteiger partial charge < -0.3 is 0 Å². The highest BCUT2D eigenvalue weighted by atomic mass is 15.4. The van der Waals surface area contributed by atoms with E-state index in [4.69, 9.17) is 10.1 Å². The number of rotatable bonds is 4. The van der Waals surface area contributed by atoms with Crippen LogP contribution in [0.15, 0.2) is 67.3 Å². The molecule has 0 radical (unpaired) electrons. The first kappa shape index (κ1) is 14.9. The highest BCUT2D eigenvalue weighted by Crippen LogP contribution is 2.39. The second kappa shape index (κ2) is 6.15. The van der Waals surface area contributed by atoms with E-state index in [9.17, 15) is 0 Å². The summed E-state index contributed by atoms with van der Waals surface area (Å²) in [7, 11) is 0. The first-order chi connectivity index (χ1) is 12.9. The van der Waals surface area contributed by atoms with Crippen LogP contribution < -0.4 is 0 Å². The van der Waals surface area contributed by atoms with Crippen LogP contribution in [0, 0.1) is 0 Å². The van der Waals surface area contributed by atoms with Crippen molar-refractivity contribution in [2.24, 2.45) is 0 Å². The van der Waals surface area contributed by atoms with Gasteiger partial charge in [0.1, 0.15) is 0 Å². The zero-order valence-electron chi connectivity index (χ0n) is 14.0. The van der Waals surface area contributed by atoms with E-state index in [2.05, 4.69) is 15.0 Å². The van der Waals surface area contributed by atoms with E-state index in [1.54, 1.807) is 24.8 Å². The predicted octanol–water partition coefficient (Wildman–Crippen LogP) is 3.66. The SMILES string of the molecule is c1ccc(-n2nc(C3CC3)nc2-c2cnc(-c3cccnc3)nc2)cc1. The van der Waals surface area contributed by atoms with E-state index in [-0.39, 0.29) is 0 Å². The maximum absolute atomic E-state index is 4.78. The van der Waals surface area contributed by atoms with Crippen LogP contribution in [0.2, 0.25) is 0 Å². The highest BCUT2D eigenvalue weighted by Gasteiger charge is 2.29. The molecule has 1 aliphatic rings. The minimum atomic E-state index is 0.481. The molecule has 1 aliphatic carbocycles. The molecule has 3 heterocycles. The van der Waals surface area contributed by atoms with Crippen molar-refractivity contribution in [1.82, 2.24) is 29.7 Å². The lowest BCUT2D eigenvalue weighted by Crippen LogP contribution is -2.00. The van der Waals surface area contributed by atoms with Crippen LogP contribution in [0.3, 0.4) is 0 Å². The molecule has 0 spiro atoms. The maximum Gasteiger partial charge on any atom is 0.166 e. The van der Waals surface area contributed by atoms with Crippen molar-refractivity contribution in [3.8, 4) is 28.5 Å². The van der Waals surface area contributed by atoms with Crippen molar-refractivity contribution in [2.45, 2.75) is 18.8 Å². The fourth-order valence-corrected chi connectivity index (χ4v) is 2.87. The molecule has 0 amide bonds. The molecule has 1 fully saturated rings. The van der Waals surface area contributed by atoms with Gasteiger partial charge in [0.25, 0.3) is 0 Å². The lowest BCUT2D eigenvalue weighted by Gasteiger charge is -2.06. The Morgan fingerprint density at radius 2 is 1.65 bits per heavy atom. The third kappa shape index (κ3) is 2.75. The minimum absolute atomic E-state index is 0.481. The van der Waals surface area contributed by atoms with Crippen LogP contribution in [0.25, 0.3) is 28.5 Å². The summed E-state index contributed by atoms with van der Waals surface area (Å²) in [5.74, 6) is 2.81. The van der Waals surface area contributed by atoms with E-state index >= 15 is 0 Å². The van der Waals surface area contributed by atoms with Gasteiger partial charge in [0.05, 0.1) is 11.3 Å². The third-order valence-corrected chi connectivity index (χ3v) is 4.40. The quantitative estimate of drug-likeness (QED) is 0.567. The minimum Gasteiger partial charge on any atom is -0.264 e. The van der Waals surface area contributed by atoms with E-state index < -0.39 is 0 Å². The molecule has 126 valence electrons. The highest BCUT2D eigenvalue weighted by molar-refractivity contribution is 5.59. The summed E-state index contributed by atoms with van der Waals surface area (Å²) in [6.45, 7) is 0. The second-order valence-electron chi connectivity index (χ2n) is 6.35. The summed E-state index contributed by atoms with van der Waals surface area (Å²) in [6, 6.07) is 13.9. The van der Waals surface area contributed by atoms with E-state index in [0.29, 0.717) is 11.7 Å². The molecule has 0 atom stereocenters. The van der Waals surface area contributed by atoms with E-state index in [1.165, 1.54) is 0 Å².